The predicted octanol–water partition coefficient (Wildman–Crippen LogP) is 11.3. The van der Waals surface area contributed by atoms with Crippen molar-refractivity contribution in [3.63, 3.8) is 0 Å². The molecule has 266 valence electrons. The molecule has 1 aliphatic heterocycles. The Bertz CT molecular complexity index is 1830. The second-order valence-electron chi connectivity index (χ2n) is 12.9. The van der Waals surface area contributed by atoms with Crippen molar-refractivity contribution in [2.24, 2.45) is 0 Å². The van der Waals surface area contributed by atoms with Crippen molar-refractivity contribution >= 4 is 31.6 Å². The first kappa shape index (κ1) is 37.4. The molecule has 1 amide bonds. The molecule has 0 saturated carbocycles. The van der Waals surface area contributed by atoms with Gasteiger partial charge in [-0.25, -0.2) is 0 Å². The summed E-state index contributed by atoms with van der Waals surface area (Å²) >= 11 is 0. The van der Waals surface area contributed by atoms with Gasteiger partial charge in [-0.1, -0.05) is 102 Å². The maximum absolute atomic E-state index is 14.1. The zero-order chi connectivity index (χ0) is 36.2. The van der Waals surface area contributed by atoms with Crippen LogP contribution in [0.3, 0.4) is 0 Å². The van der Waals surface area contributed by atoms with Crippen molar-refractivity contribution in [3.8, 4) is 17.2 Å². The van der Waals surface area contributed by atoms with E-state index in [-0.39, 0.29) is 59.9 Å². The Kier molecular flexibility index (Phi) is 13.5. The fraction of sp³-hybridized carbons (Fsp3) is 0.262. The second kappa shape index (κ2) is 18.4. The molecule has 0 atom stereocenters. The van der Waals surface area contributed by atoms with Crippen LogP contribution < -0.4 is 14.7 Å². The van der Waals surface area contributed by atoms with E-state index in [1.54, 1.807) is 23.1 Å². The van der Waals surface area contributed by atoms with Crippen LogP contribution in [-0.4, -0.2) is 22.7 Å². The van der Waals surface area contributed by atoms with E-state index in [4.69, 9.17) is 13.6 Å². The van der Waals surface area contributed by atoms with Crippen LogP contribution in [0.5, 0.6) is 17.2 Å². The number of carbonyl (C=O) groups is 1. The van der Waals surface area contributed by atoms with E-state index in [0.717, 1.165) is 42.4 Å². The Morgan fingerprint density at radius 2 is 1.33 bits per heavy atom. The van der Waals surface area contributed by atoms with Crippen molar-refractivity contribution in [2.75, 3.05) is 16.8 Å². The highest BCUT2D eigenvalue weighted by atomic mass is 31.2. The van der Waals surface area contributed by atoms with Gasteiger partial charge in [-0.15, -0.1) is 0 Å². The first-order valence-corrected chi connectivity index (χ1v) is 18.3. The molecule has 5 rings (SSSR count). The zero-order valence-electron chi connectivity index (χ0n) is 29.8. The molecule has 4 aromatic carbocycles. The molecule has 1 heterocycles. The van der Waals surface area contributed by atoms with Gasteiger partial charge < -0.3 is 25.0 Å². The number of benzene rings is 4. The van der Waals surface area contributed by atoms with E-state index in [9.17, 15) is 15.0 Å². The summed E-state index contributed by atoms with van der Waals surface area (Å²) in [5.41, 5.74) is 6.92. The summed E-state index contributed by atoms with van der Waals surface area (Å²) in [4.78, 5) is 15.7. The van der Waals surface area contributed by atoms with Crippen LogP contribution in [0, 0.1) is 0 Å². The number of rotatable bonds is 16. The van der Waals surface area contributed by atoms with E-state index in [1.165, 1.54) is 23.3 Å². The Labute approximate surface area is 302 Å². The molecule has 4 aromatic rings. The van der Waals surface area contributed by atoms with E-state index in [0.29, 0.717) is 5.69 Å². The largest absolute Gasteiger partial charge is 0.506 e. The minimum Gasteiger partial charge on any atom is -0.506 e. The molecular weight excluding hydrogens is 659 g/mol. The Morgan fingerprint density at radius 1 is 0.725 bits per heavy atom. The van der Waals surface area contributed by atoms with Gasteiger partial charge >= 0.3 is 8.60 Å². The monoisotopic (exact) mass is 706 g/mol. The molecule has 8 nitrogen and oxygen atoms in total. The first-order chi connectivity index (χ1) is 24.7. The molecule has 0 aromatic heterocycles. The van der Waals surface area contributed by atoms with Crippen LogP contribution in [0.4, 0.5) is 17.1 Å². The van der Waals surface area contributed by atoms with Gasteiger partial charge in [-0.3, -0.25) is 13.8 Å². The second-order valence-corrected chi connectivity index (χ2v) is 14.0. The summed E-state index contributed by atoms with van der Waals surface area (Å²) < 4.78 is 18.6. The number of allylic oxidation sites excluding steroid dienone is 5. The lowest BCUT2D eigenvalue weighted by Gasteiger charge is -2.24. The van der Waals surface area contributed by atoms with E-state index >= 15 is 0 Å². The average Bonchev–Trinajstić information content (AvgIpc) is 3.24. The molecule has 0 fully saturated rings. The van der Waals surface area contributed by atoms with Gasteiger partial charge in [0, 0.05) is 18.7 Å². The van der Waals surface area contributed by atoms with Gasteiger partial charge in [0.2, 0.25) is 0 Å². The topological polar surface area (TPSA) is 100 Å². The number of anilines is 3. The summed E-state index contributed by atoms with van der Waals surface area (Å²) in [5, 5.41) is 25.2. The number of aromatic hydroxyl groups is 2. The maximum atomic E-state index is 14.1. The number of amides is 1. The molecule has 0 saturated heterocycles. The standard InChI is InChI=1S/C42H47N2O6P/c1-30(2)14-11-15-31(3)16-12-17-32(4)24-25-44-37-26-35(27-39(46)41(37)43-40-36(42(44)47)22-13-23-38(40)45)50-51(48-28-33-18-7-5-8-19-33)49-29-34-20-9-6-10-21-34/h5-10,13-14,16,18-24,26-27,43,45-46H,11-12,15,17,25,28-29H2,1-4H3/b31-16+,32-24+. The van der Waals surface area contributed by atoms with Gasteiger partial charge in [0.25, 0.3) is 5.91 Å². The van der Waals surface area contributed by atoms with Gasteiger partial charge in [0.15, 0.2) is 0 Å². The lowest BCUT2D eigenvalue weighted by molar-refractivity contribution is 0.0991. The minimum atomic E-state index is -1.93. The lowest BCUT2D eigenvalue weighted by atomic mass is 10.1. The average molecular weight is 707 g/mol. The van der Waals surface area contributed by atoms with Crippen LogP contribution in [0.25, 0.3) is 0 Å². The summed E-state index contributed by atoms with van der Waals surface area (Å²) in [6.07, 6.45) is 10.4. The molecule has 9 heteroatoms. The van der Waals surface area contributed by atoms with Crippen molar-refractivity contribution in [2.45, 2.75) is 66.6 Å². The first-order valence-electron chi connectivity index (χ1n) is 17.2. The number of phenolic OH excluding ortho intramolecular Hbond substituents is 2. The summed E-state index contributed by atoms with van der Waals surface area (Å²) in [5.74, 6) is -0.320. The maximum Gasteiger partial charge on any atom is 0.397 e. The minimum absolute atomic E-state index is 0.0982. The van der Waals surface area contributed by atoms with Crippen LogP contribution >= 0.6 is 8.60 Å². The smallest absolute Gasteiger partial charge is 0.397 e. The molecule has 0 spiro atoms. The Morgan fingerprint density at radius 3 is 1.96 bits per heavy atom. The Balaban J connectivity index is 1.40. The fourth-order valence-electron chi connectivity index (χ4n) is 5.56. The van der Waals surface area contributed by atoms with Crippen LogP contribution in [0.15, 0.2) is 126 Å². The molecule has 0 aliphatic carbocycles. The third kappa shape index (κ3) is 10.8. The Hall–Kier alpha value is -4.88. The van der Waals surface area contributed by atoms with Crippen LogP contribution in [-0.2, 0) is 22.3 Å². The molecule has 0 bridgehead atoms. The highest BCUT2D eigenvalue weighted by molar-refractivity contribution is 7.42. The SMILES string of the molecule is CC(C)=CCC/C(C)=C/CC/C(C)=C/CN1C(=O)c2cccc(O)c2Nc2c(O)cc(OP(OCc3ccccc3)OCc3ccccc3)cc21. The van der Waals surface area contributed by atoms with Gasteiger partial charge in [-0.05, 0) is 76.6 Å². The van der Waals surface area contributed by atoms with Gasteiger partial charge in [0.05, 0.1) is 30.2 Å². The zero-order valence-corrected chi connectivity index (χ0v) is 30.7. The number of hydrogen-bond acceptors (Lipinski definition) is 7. The van der Waals surface area contributed by atoms with Gasteiger partial charge in [-0.2, -0.15) is 0 Å². The van der Waals surface area contributed by atoms with E-state index < -0.39 is 8.60 Å². The highest BCUT2D eigenvalue weighted by Crippen LogP contribution is 2.49. The number of carbonyl (C=O) groups excluding carboxylic acids is 1. The van der Waals surface area contributed by atoms with E-state index in [2.05, 4.69) is 45.2 Å². The third-order valence-electron chi connectivity index (χ3n) is 8.41. The van der Waals surface area contributed by atoms with Crippen molar-refractivity contribution in [1.82, 2.24) is 0 Å². The molecule has 0 radical (unpaired) electrons. The highest BCUT2D eigenvalue weighted by Gasteiger charge is 2.31. The molecular formula is C42H47N2O6P. The number of fused-ring (bicyclic) bond motifs is 2. The number of phenols is 2. The number of hydrogen-bond donors (Lipinski definition) is 3. The van der Waals surface area contributed by atoms with Crippen LogP contribution in [0.1, 0.15) is 74.9 Å². The quantitative estimate of drug-likeness (QED) is 0.0606. The van der Waals surface area contributed by atoms with Crippen molar-refractivity contribution in [3.05, 3.63) is 143 Å². The van der Waals surface area contributed by atoms with Crippen molar-refractivity contribution in [1.29, 1.82) is 0 Å². The fourth-order valence-corrected chi connectivity index (χ4v) is 6.52. The number of para-hydroxylation sites is 1. The normalized spacial score (nSPS) is 13.0. The lowest BCUT2D eigenvalue weighted by Crippen LogP contribution is -2.30. The third-order valence-corrected chi connectivity index (χ3v) is 9.45. The summed E-state index contributed by atoms with van der Waals surface area (Å²) in [7, 11) is -1.93. The van der Waals surface area contributed by atoms with Gasteiger partial charge in [0.1, 0.15) is 22.9 Å². The van der Waals surface area contributed by atoms with Crippen molar-refractivity contribution < 1.29 is 28.6 Å². The summed E-state index contributed by atoms with van der Waals surface area (Å²) in [6.45, 7) is 9.22. The van der Waals surface area contributed by atoms with Crippen LogP contribution in [0.2, 0.25) is 0 Å². The molecule has 51 heavy (non-hydrogen) atoms. The number of nitrogens with one attached hydrogen (secondary N) is 1. The molecule has 1 aliphatic rings. The summed E-state index contributed by atoms with van der Waals surface area (Å²) in [6, 6.07) is 27.4. The molecule has 0 unspecified atom stereocenters. The number of nitrogens with zero attached hydrogens (tertiary/aromatic N) is 1. The predicted molar refractivity (Wildman–Crippen MR) is 207 cm³/mol. The van der Waals surface area contributed by atoms with E-state index in [1.807, 2.05) is 66.7 Å². The molecule has 3 N–H and O–H groups in total.